The first-order valence-corrected chi connectivity index (χ1v) is 7.70. The third kappa shape index (κ3) is 4.43. The number of nitrogens with zero attached hydrogens (tertiary/aromatic N) is 1. The minimum absolute atomic E-state index is 0.157. The number of carbonyl (C=O) groups excluding carboxylic acids is 1. The Morgan fingerprint density at radius 3 is 2.75 bits per heavy atom. The average Bonchev–Trinajstić information content (AvgIpc) is 3.09. The molecule has 1 heterocycles. The van der Waals surface area contributed by atoms with Gasteiger partial charge in [0.1, 0.15) is 5.54 Å². The zero-order chi connectivity index (χ0) is 14.6. The van der Waals surface area contributed by atoms with Gasteiger partial charge in [-0.3, -0.25) is 10.1 Å². The molecule has 5 nitrogen and oxygen atoms in total. The molecule has 0 aromatic heterocycles. The van der Waals surface area contributed by atoms with Crippen molar-refractivity contribution in [2.45, 2.75) is 56.7 Å². The molecule has 2 unspecified atom stereocenters. The molecule has 0 aromatic rings. The van der Waals surface area contributed by atoms with Gasteiger partial charge in [0, 0.05) is 25.7 Å². The van der Waals surface area contributed by atoms with E-state index < -0.39 is 5.54 Å². The van der Waals surface area contributed by atoms with Gasteiger partial charge in [0.15, 0.2) is 0 Å². The Morgan fingerprint density at radius 2 is 2.20 bits per heavy atom. The summed E-state index contributed by atoms with van der Waals surface area (Å²) in [6.45, 7) is 4.66. The van der Waals surface area contributed by atoms with Crippen LogP contribution in [0, 0.1) is 0 Å². The van der Waals surface area contributed by atoms with Crippen LogP contribution < -0.4 is 5.32 Å². The Morgan fingerprint density at radius 1 is 1.45 bits per heavy atom. The van der Waals surface area contributed by atoms with E-state index in [2.05, 4.69) is 17.3 Å². The van der Waals surface area contributed by atoms with Crippen LogP contribution >= 0.6 is 0 Å². The van der Waals surface area contributed by atoms with Crippen molar-refractivity contribution in [1.29, 1.82) is 0 Å². The van der Waals surface area contributed by atoms with Crippen molar-refractivity contribution >= 4 is 5.97 Å². The highest BCUT2D eigenvalue weighted by molar-refractivity contribution is 5.80. The fraction of sp³-hybridized carbons (Fsp3) is 0.933. The lowest BCUT2D eigenvalue weighted by molar-refractivity contribution is -0.148. The molecule has 0 amide bonds. The van der Waals surface area contributed by atoms with Crippen LogP contribution in [0.1, 0.15) is 39.0 Å². The second kappa shape index (κ2) is 6.87. The van der Waals surface area contributed by atoms with Crippen molar-refractivity contribution < 1.29 is 14.3 Å². The van der Waals surface area contributed by atoms with Gasteiger partial charge < -0.3 is 14.4 Å². The molecule has 1 saturated heterocycles. The van der Waals surface area contributed by atoms with Crippen LogP contribution in [0.4, 0.5) is 0 Å². The number of esters is 1. The smallest absolute Gasteiger partial charge is 0.325 e. The Balaban J connectivity index is 1.79. The van der Waals surface area contributed by atoms with E-state index in [0.717, 1.165) is 32.5 Å². The maximum absolute atomic E-state index is 12.0. The van der Waals surface area contributed by atoms with E-state index in [1.807, 2.05) is 6.92 Å². The Labute approximate surface area is 122 Å². The van der Waals surface area contributed by atoms with E-state index in [0.29, 0.717) is 12.1 Å². The van der Waals surface area contributed by atoms with Crippen LogP contribution in [0.25, 0.3) is 0 Å². The Hall–Kier alpha value is -0.650. The molecule has 1 aliphatic heterocycles. The molecule has 5 heteroatoms. The van der Waals surface area contributed by atoms with Crippen molar-refractivity contribution in [2.24, 2.45) is 0 Å². The summed E-state index contributed by atoms with van der Waals surface area (Å²) in [6, 6.07) is 0.488. The highest BCUT2D eigenvalue weighted by atomic mass is 16.5. The van der Waals surface area contributed by atoms with E-state index >= 15 is 0 Å². The molecule has 2 rings (SSSR count). The molecule has 0 aromatic carbocycles. The topological polar surface area (TPSA) is 50.8 Å². The predicted octanol–water partition coefficient (Wildman–Crippen LogP) is 1.17. The van der Waals surface area contributed by atoms with E-state index in [-0.39, 0.29) is 5.97 Å². The zero-order valence-corrected chi connectivity index (χ0v) is 13.0. The molecule has 2 fully saturated rings. The van der Waals surface area contributed by atoms with Crippen LogP contribution in [0.15, 0.2) is 0 Å². The van der Waals surface area contributed by atoms with Crippen LogP contribution in [0.3, 0.4) is 0 Å². The van der Waals surface area contributed by atoms with E-state index in [1.165, 1.54) is 26.4 Å². The molecular formula is C15H28N2O3. The van der Waals surface area contributed by atoms with Gasteiger partial charge >= 0.3 is 5.97 Å². The zero-order valence-electron chi connectivity index (χ0n) is 13.0. The fourth-order valence-electron chi connectivity index (χ4n) is 2.78. The predicted molar refractivity (Wildman–Crippen MR) is 77.7 cm³/mol. The highest BCUT2D eigenvalue weighted by Gasteiger charge is 2.39. The van der Waals surface area contributed by atoms with E-state index in [9.17, 15) is 4.79 Å². The van der Waals surface area contributed by atoms with Crippen LogP contribution in [-0.2, 0) is 14.3 Å². The molecule has 0 spiro atoms. The third-order valence-corrected chi connectivity index (χ3v) is 4.27. The van der Waals surface area contributed by atoms with Crippen molar-refractivity contribution in [3.63, 3.8) is 0 Å². The SMILES string of the molecule is COC(=O)C(C)(CCN(C)CC1CCCO1)NC1CC1. The number of nitrogens with one attached hydrogen (secondary N) is 1. The largest absolute Gasteiger partial charge is 0.468 e. The molecule has 2 aliphatic rings. The normalized spacial score (nSPS) is 25.7. The summed E-state index contributed by atoms with van der Waals surface area (Å²) in [7, 11) is 3.56. The number of methoxy groups -OCH3 is 1. The summed E-state index contributed by atoms with van der Waals surface area (Å²) in [5.74, 6) is -0.157. The van der Waals surface area contributed by atoms with Gasteiger partial charge in [-0.05, 0) is 46.1 Å². The Bertz CT molecular complexity index is 327. The van der Waals surface area contributed by atoms with Crippen LogP contribution in [0.2, 0.25) is 0 Å². The molecule has 1 N–H and O–H groups in total. The summed E-state index contributed by atoms with van der Waals surface area (Å²) in [5, 5.41) is 3.43. The second-order valence-electron chi connectivity index (χ2n) is 6.39. The van der Waals surface area contributed by atoms with Gasteiger partial charge in [-0.1, -0.05) is 0 Å². The monoisotopic (exact) mass is 284 g/mol. The van der Waals surface area contributed by atoms with Gasteiger partial charge in [-0.2, -0.15) is 0 Å². The number of hydrogen-bond acceptors (Lipinski definition) is 5. The summed E-state index contributed by atoms with van der Waals surface area (Å²) in [5.41, 5.74) is -0.569. The second-order valence-corrected chi connectivity index (χ2v) is 6.39. The number of likely N-dealkylation sites (N-methyl/N-ethyl adjacent to an activating group) is 1. The minimum Gasteiger partial charge on any atom is -0.468 e. The van der Waals surface area contributed by atoms with Gasteiger partial charge in [-0.15, -0.1) is 0 Å². The quantitative estimate of drug-likeness (QED) is 0.678. The molecule has 20 heavy (non-hydrogen) atoms. The van der Waals surface area contributed by atoms with Gasteiger partial charge in [0.05, 0.1) is 13.2 Å². The lowest BCUT2D eigenvalue weighted by Crippen LogP contribution is -2.53. The first-order chi connectivity index (χ1) is 9.53. The summed E-state index contributed by atoms with van der Waals surface area (Å²) >= 11 is 0. The van der Waals surface area contributed by atoms with Gasteiger partial charge in [0.2, 0.25) is 0 Å². The lowest BCUT2D eigenvalue weighted by Gasteiger charge is -2.30. The van der Waals surface area contributed by atoms with Crippen molar-refractivity contribution in [3.05, 3.63) is 0 Å². The lowest BCUT2D eigenvalue weighted by atomic mass is 9.97. The Kier molecular flexibility index (Phi) is 5.41. The van der Waals surface area contributed by atoms with Gasteiger partial charge in [0.25, 0.3) is 0 Å². The third-order valence-electron chi connectivity index (χ3n) is 4.27. The van der Waals surface area contributed by atoms with E-state index in [1.54, 1.807) is 0 Å². The van der Waals surface area contributed by atoms with Crippen LogP contribution in [0.5, 0.6) is 0 Å². The molecular weight excluding hydrogens is 256 g/mol. The number of rotatable bonds is 8. The average molecular weight is 284 g/mol. The fourth-order valence-corrected chi connectivity index (χ4v) is 2.78. The standard InChI is InChI=1S/C15H28N2O3/c1-15(14(18)19-3,16-12-6-7-12)8-9-17(2)11-13-5-4-10-20-13/h12-13,16H,4-11H2,1-3H3. The number of ether oxygens (including phenoxy) is 2. The van der Waals surface area contributed by atoms with Crippen molar-refractivity contribution in [1.82, 2.24) is 10.2 Å². The summed E-state index contributed by atoms with van der Waals surface area (Å²) in [4.78, 5) is 14.3. The minimum atomic E-state index is -0.569. The maximum Gasteiger partial charge on any atom is 0.325 e. The van der Waals surface area contributed by atoms with Crippen molar-refractivity contribution in [3.8, 4) is 0 Å². The molecule has 0 radical (unpaired) electrons. The highest BCUT2D eigenvalue weighted by Crippen LogP contribution is 2.25. The molecule has 116 valence electrons. The first-order valence-electron chi connectivity index (χ1n) is 7.70. The van der Waals surface area contributed by atoms with Crippen molar-refractivity contribution in [2.75, 3.05) is 33.9 Å². The number of hydrogen-bond donors (Lipinski definition) is 1. The van der Waals surface area contributed by atoms with E-state index in [4.69, 9.17) is 9.47 Å². The van der Waals surface area contributed by atoms with Crippen LogP contribution in [-0.4, -0.2) is 62.4 Å². The maximum atomic E-state index is 12.0. The molecule has 1 saturated carbocycles. The molecule has 2 atom stereocenters. The summed E-state index contributed by atoms with van der Waals surface area (Å²) in [6.07, 6.45) is 5.78. The molecule has 0 bridgehead atoms. The van der Waals surface area contributed by atoms with Gasteiger partial charge in [-0.25, -0.2) is 0 Å². The first kappa shape index (κ1) is 15.7. The number of carbonyl (C=O) groups is 1. The molecule has 1 aliphatic carbocycles. The summed E-state index contributed by atoms with van der Waals surface area (Å²) < 4.78 is 10.6.